The summed E-state index contributed by atoms with van der Waals surface area (Å²) in [6, 6.07) is 0. The lowest BCUT2D eigenvalue weighted by atomic mass is 10.4. The van der Waals surface area contributed by atoms with E-state index in [1.165, 1.54) is 10.9 Å². The van der Waals surface area contributed by atoms with Gasteiger partial charge in [-0.05, 0) is 6.92 Å². The molecule has 0 aromatic carbocycles. The van der Waals surface area contributed by atoms with Gasteiger partial charge in [0.25, 0.3) is 6.43 Å². The molecule has 0 aliphatic heterocycles. The molecule has 0 atom stereocenters. The minimum atomic E-state index is -2.64. The highest BCUT2D eigenvalue weighted by Crippen LogP contribution is 2.17. The Labute approximate surface area is 84.3 Å². The molecule has 0 amide bonds. The number of nitrogens with zero attached hydrogens (tertiary/aromatic N) is 2. The lowest BCUT2D eigenvalue weighted by molar-refractivity contribution is 0.0658. The van der Waals surface area contributed by atoms with Crippen molar-refractivity contribution in [2.75, 3.05) is 6.61 Å². The van der Waals surface area contributed by atoms with Gasteiger partial charge >= 0.3 is 5.97 Å². The molecule has 84 valence electrons. The smallest absolute Gasteiger partial charge is 0.360 e. The molecule has 0 saturated heterocycles. The maximum Gasteiger partial charge on any atom is 0.360 e. The largest absolute Gasteiger partial charge is 0.483 e. The van der Waals surface area contributed by atoms with Crippen molar-refractivity contribution in [3.8, 4) is 5.75 Å². The molecule has 0 fully saturated rings. The summed E-state index contributed by atoms with van der Waals surface area (Å²) in [5, 5.41) is 12.3. The van der Waals surface area contributed by atoms with Crippen molar-refractivity contribution in [2.45, 2.75) is 19.9 Å². The van der Waals surface area contributed by atoms with Crippen molar-refractivity contribution in [1.29, 1.82) is 0 Å². The molecule has 15 heavy (non-hydrogen) atoms. The van der Waals surface area contributed by atoms with Gasteiger partial charge in [0.2, 0.25) is 5.69 Å². The quantitative estimate of drug-likeness (QED) is 0.810. The Morgan fingerprint density at radius 3 is 2.87 bits per heavy atom. The average Bonchev–Trinajstić information content (AvgIpc) is 2.57. The number of aromatic carboxylic acids is 1. The first-order valence-corrected chi connectivity index (χ1v) is 4.26. The van der Waals surface area contributed by atoms with Crippen LogP contribution in [0.25, 0.3) is 0 Å². The molecule has 5 nitrogen and oxygen atoms in total. The van der Waals surface area contributed by atoms with E-state index in [0.717, 1.165) is 0 Å². The number of carboxylic acid groups (broad SMARTS) is 1. The van der Waals surface area contributed by atoms with Gasteiger partial charge < -0.3 is 9.84 Å². The Bertz CT molecular complexity index is 352. The third kappa shape index (κ3) is 2.90. The maximum atomic E-state index is 11.8. The number of alkyl halides is 2. The van der Waals surface area contributed by atoms with E-state index < -0.39 is 19.0 Å². The van der Waals surface area contributed by atoms with E-state index in [1.807, 2.05) is 0 Å². The van der Waals surface area contributed by atoms with Crippen molar-refractivity contribution >= 4 is 5.97 Å². The highest BCUT2D eigenvalue weighted by molar-refractivity contribution is 5.88. The van der Waals surface area contributed by atoms with Crippen molar-refractivity contribution in [1.82, 2.24) is 9.78 Å². The molecule has 7 heteroatoms. The van der Waals surface area contributed by atoms with Crippen LogP contribution in [0.2, 0.25) is 0 Å². The lowest BCUT2D eigenvalue weighted by Crippen LogP contribution is -2.09. The van der Waals surface area contributed by atoms with Gasteiger partial charge in [-0.1, -0.05) is 0 Å². The minimum Gasteiger partial charge on any atom is -0.483 e. The summed E-state index contributed by atoms with van der Waals surface area (Å²) in [6.45, 7) is 1.35. The second-order valence-corrected chi connectivity index (χ2v) is 2.70. The Morgan fingerprint density at radius 1 is 1.73 bits per heavy atom. The topological polar surface area (TPSA) is 64.3 Å². The van der Waals surface area contributed by atoms with Crippen molar-refractivity contribution in [2.24, 2.45) is 0 Å². The van der Waals surface area contributed by atoms with Gasteiger partial charge in [-0.25, -0.2) is 13.6 Å². The van der Waals surface area contributed by atoms with Crippen LogP contribution in [0.1, 0.15) is 17.4 Å². The van der Waals surface area contributed by atoms with Gasteiger partial charge in [0, 0.05) is 6.54 Å². The SMILES string of the molecule is CCn1cc(OCC(F)F)c(C(=O)O)n1. The number of rotatable bonds is 5. The van der Waals surface area contributed by atoms with Crippen LogP contribution < -0.4 is 4.74 Å². The molecule has 0 unspecified atom stereocenters. The molecular weight excluding hydrogens is 210 g/mol. The Morgan fingerprint density at radius 2 is 2.40 bits per heavy atom. The van der Waals surface area contributed by atoms with Crippen LogP contribution in [-0.4, -0.2) is 33.9 Å². The van der Waals surface area contributed by atoms with E-state index >= 15 is 0 Å². The number of aryl methyl sites for hydroxylation is 1. The second kappa shape index (κ2) is 4.72. The molecule has 1 heterocycles. The summed E-state index contributed by atoms with van der Waals surface area (Å²) >= 11 is 0. The number of carboxylic acids is 1. The molecule has 0 bridgehead atoms. The third-order valence-electron chi connectivity index (χ3n) is 1.62. The normalized spacial score (nSPS) is 10.7. The van der Waals surface area contributed by atoms with Crippen LogP contribution in [0.4, 0.5) is 8.78 Å². The Hall–Kier alpha value is -1.66. The van der Waals surface area contributed by atoms with Crippen LogP contribution in [-0.2, 0) is 6.54 Å². The molecular formula is C8H10F2N2O3. The maximum absolute atomic E-state index is 11.8. The molecule has 1 N–H and O–H groups in total. The van der Waals surface area contributed by atoms with Gasteiger partial charge in [0.05, 0.1) is 6.20 Å². The standard InChI is InChI=1S/C8H10F2N2O3/c1-2-12-3-5(15-4-6(9)10)7(11-12)8(13)14/h3,6H,2,4H2,1H3,(H,13,14). The summed E-state index contributed by atoms with van der Waals surface area (Å²) in [4.78, 5) is 10.7. The fourth-order valence-corrected chi connectivity index (χ4v) is 0.972. The van der Waals surface area contributed by atoms with Gasteiger partial charge in [-0.3, -0.25) is 4.68 Å². The number of hydrogen-bond acceptors (Lipinski definition) is 3. The number of halogens is 2. The van der Waals surface area contributed by atoms with Gasteiger partial charge in [0.1, 0.15) is 6.61 Å². The molecule has 0 spiro atoms. The van der Waals surface area contributed by atoms with Crippen molar-refractivity contribution in [3.63, 3.8) is 0 Å². The zero-order chi connectivity index (χ0) is 11.4. The molecule has 1 aromatic heterocycles. The fraction of sp³-hybridized carbons (Fsp3) is 0.500. The number of ether oxygens (including phenoxy) is 1. The minimum absolute atomic E-state index is 0.135. The van der Waals surface area contributed by atoms with E-state index in [2.05, 4.69) is 9.84 Å². The van der Waals surface area contributed by atoms with Gasteiger partial charge in [-0.15, -0.1) is 0 Å². The lowest BCUT2D eigenvalue weighted by Gasteiger charge is -2.02. The molecule has 0 radical (unpaired) electrons. The number of carbonyl (C=O) groups is 1. The average molecular weight is 220 g/mol. The van der Waals surface area contributed by atoms with Crippen molar-refractivity contribution in [3.05, 3.63) is 11.9 Å². The first-order valence-electron chi connectivity index (χ1n) is 4.26. The second-order valence-electron chi connectivity index (χ2n) is 2.70. The number of aromatic nitrogens is 2. The zero-order valence-corrected chi connectivity index (χ0v) is 7.98. The van der Waals surface area contributed by atoms with Crippen LogP contribution in [0.3, 0.4) is 0 Å². The monoisotopic (exact) mass is 220 g/mol. The summed E-state index contributed by atoms with van der Waals surface area (Å²) < 4.78 is 29.6. The zero-order valence-electron chi connectivity index (χ0n) is 7.98. The molecule has 1 aromatic rings. The van der Waals surface area contributed by atoms with Crippen molar-refractivity contribution < 1.29 is 23.4 Å². The third-order valence-corrected chi connectivity index (χ3v) is 1.62. The van der Waals surface area contributed by atoms with Crippen LogP contribution in [0.15, 0.2) is 6.20 Å². The summed E-state index contributed by atoms with van der Waals surface area (Å²) in [5.74, 6) is -1.43. The van der Waals surface area contributed by atoms with Crippen LogP contribution >= 0.6 is 0 Å². The molecule has 0 aliphatic rings. The summed E-state index contributed by atoms with van der Waals surface area (Å²) in [6.07, 6.45) is -1.36. The fourth-order valence-electron chi connectivity index (χ4n) is 0.972. The molecule has 1 rings (SSSR count). The van der Waals surface area contributed by atoms with E-state index in [-0.39, 0.29) is 11.4 Å². The summed E-state index contributed by atoms with van der Waals surface area (Å²) in [7, 11) is 0. The highest BCUT2D eigenvalue weighted by atomic mass is 19.3. The highest BCUT2D eigenvalue weighted by Gasteiger charge is 2.17. The van der Waals surface area contributed by atoms with Crippen LogP contribution in [0.5, 0.6) is 5.75 Å². The van der Waals surface area contributed by atoms with Crippen LogP contribution in [0, 0.1) is 0 Å². The molecule has 0 saturated carbocycles. The van der Waals surface area contributed by atoms with E-state index in [1.54, 1.807) is 6.92 Å². The first kappa shape index (κ1) is 11.4. The van der Waals surface area contributed by atoms with E-state index in [0.29, 0.717) is 6.54 Å². The predicted octanol–water partition coefficient (Wildman–Crippen LogP) is 1.25. The van der Waals surface area contributed by atoms with E-state index in [4.69, 9.17) is 5.11 Å². The summed E-state index contributed by atoms with van der Waals surface area (Å²) in [5.41, 5.74) is -0.350. The van der Waals surface area contributed by atoms with Gasteiger partial charge in [-0.2, -0.15) is 5.10 Å². The molecule has 0 aliphatic carbocycles. The Kier molecular flexibility index (Phi) is 3.59. The predicted molar refractivity (Wildman–Crippen MR) is 46.4 cm³/mol. The Balaban J connectivity index is 2.84. The van der Waals surface area contributed by atoms with E-state index in [9.17, 15) is 13.6 Å². The number of hydrogen-bond donors (Lipinski definition) is 1. The van der Waals surface area contributed by atoms with Gasteiger partial charge in [0.15, 0.2) is 5.75 Å². The first-order chi connectivity index (χ1) is 7.04.